The fraction of sp³-hybridized carbons (Fsp3) is 0.0500. The number of rotatable bonds is 3. The lowest BCUT2D eigenvalue weighted by molar-refractivity contribution is -0.137. The first-order valence-electron chi connectivity index (χ1n) is 8.41. The predicted molar refractivity (Wildman–Crippen MR) is 97.4 cm³/mol. The number of halogens is 4. The van der Waals surface area contributed by atoms with Crippen LogP contribution in [0.5, 0.6) is 0 Å². The first-order valence-corrected chi connectivity index (χ1v) is 8.41. The van der Waals surface area contributed by atoms with Crippen molar-refractivity contribution in [1.29, 1.82) is 0 Å². The zero-order chi connectivity index (χ0) is 20.6. The zero-order valence-corrected chi connectivity index (χ0v) is 14.6. The first kappa shape index (κ1) is 18.6. The highest BCUT2D eigenvalue weighted by Crippen LogP contribution is 2.31. The number of para-hydroxylation sites is 1. The van der Waals surface area contributed by atoms with Crippen LogP contribution in [0.2, 0.25) is 0 Å². The third-order valence-electron chi connectivity index (χ3n) is 4.21. The fourth-order valence-corrected chi connectivity index (χ4v) is 2.84. The highest BCUT2D eigenvalue weighted by Gasteiger charge is 2.31. The molecule has 2 heterocycles. The second-order valence-corrected chi connectivity index (χ2v) is 6.10. The van der Waals surface area contributed by atoms with Gasteiger partial charge in [-0.05, 0) is 36.4 Å². The van der Waals surface area contributed by atoms with E-state index >= 15 is 0 Å². The molecule has 0 atom stereocenters. The van der Waals surface area contributed by atoms with Crippen molar-refractivity contribution in [1.82, 2.24) is 19.6 Å². The Balaban J connectivity index is 1.86. The molecule has 4 rings (SSSR count). The maximum Gasteiger partial charge on any atom is 0.416 e. The first-order chi connectivity index (χ1) is 13.8. The van der Waals surface area contributed by atoms with Gasteiger partial charge in [-0.15, -0.1) is 0 Å². The highest BCUT2D eigenvalue weighted by molar-refractivity contribution is 5.57. The quantitative estimate of drug-likeness (QED) is 0.484. The molecule has 4 aromatic rings. The van der Waals surface area contributed by atoms with E-state index in [-0.39, 0.29) is 5.69 Å². The van der Waals surface area contributed by atoms with Crippen LogP contribution < -0.4 is 5.43 Å². The van der Waals surface area contributed by atoms with Gasteiger partial charge in [0.1, 0.15) is 11.5 Å². The molecule has 2 aromatic heterocycles. The van der Waals surface area contributed by atoms with Gasteiger partial charge in [0.25, 0.3) is 0 Å². The highest BCUT2D eigenvalue weighted by atomic mass is 19.4. The molecule has 0 fully saturated rings. The third-order valence-corrected chi connectivity index (χ3v) is 4.21. The van der Waals surface area contributed by atoms with Crippen LogP contribution in [-0.2, 0) is 6.18 Å². The number of alkyl halides is 3. The van der Waals surface area contributed by atoms with Crippen LogP contribution >= 0.6 is 0 Å². The largest absolute Gasteiger partial charge is 0.416 e. The molecule has 0 amide bonds. The molecule has 146 valence electrons. The van der Waals surface area contributed by atoms with Crippen molar-refractivity contribution in [2.75, 3.05) is 0 Å². The van der Waals surface area contributed by atoms with Gasteiger partial charge in [0.2, 0.25) is 5.43 Å². The summed E-state index contributed by atoms with van der Waals surface area (Å²) in [5.41, 5.74) is -1.02. The van der Waals surface area contributed by atoms with Gasteiger partial charge in [0, 0.05) is 12.3 Å². The van der Waals surface area contributed by atoms with Crippen molar-refractivity contribution in [3.05, 3.63) is 94.7 Å². The maximum atomic E-state index is 14.2. The lowest BCUT2D eigenvalue weighted by Gasteiger charge is -2.12. The van der Waals surface area contributed by atoms with E-state index in [9.17, 15) is 22.4 Å². The minimum atomic E-state index is -4.64. The van der Waals surface area contributed by atoms with Gasteiger partial charge in [-0.3, -0.25) is 4.79 Å². The molecular weight excluding hydrogens is 388 g/mol. The lowest BCUT2D eigenvalue weighted by atomic mass is 10.2. The van der Waals surface area contributed by atoms with E-state index in [0.717, 1.165) is 16.9 Å². The second-order valence-electron chi connectivity index (χ2n) is 6.10. The molecule has 29 heavy (non-hydrogen) atoms. The summed E-state index contributed by atoms with van der Waals surface area (Å²) < 4.78 is 55.6. The van der Waals surface area contributed by atoms with Gasteiger partial charge < -0.3 is 0 Å². The number of aromatic nitrogens is 4. The molecule has 2 aromatic carbocycles. The summed E-state index contributed by atoms with van der Waals surface area (Å²) >= 11 is 0. The summed E-state index contributed by atoms with van der Waals surface area (Å²) in [7, 11) is 0. The maximum absolute atomic E-state index is 14.2. The van der Waals surface area contributed by atoms with E-state index < -0.39 is 28.7 Å². The van der Waals surface area contributed by atoms with Gasteiger partial charge in [-0.2, -0.15) is 23.4 Å². The van der Waals surface area contributed by atoms with Crippen LogP contribution in [0, 0.1) is 5.82 Å². The van der Waals surface area contributed by atoms with Crippen LogP contribution in [0.15, 0.2) is 77.9 Å². The zero-order valence-electron chi connectivity index (χ0n) is 14.6. The summed E-state index contributed by atoms with van der Waals surface area (Å²) in [5, 5.41) is 8.27. The molecule has 0 bridgehead atoms. The Hall–Kier alpha value is -3.75. The van der Waals surface area contributed by atoms with Crippen molar-refractivity contribution in [3.63, 3.8) is 0 Å². The van der Waals surface area contributed by atoms with Gasteiger partial charge in [0.05, 0.1) is 23.1 Å². The van der Waals surface area contributed by atoms with E-state index in [1.165, 1.54) is 10.9 Å². The Bertz CT molecular complexity index is 1230. The molecule has 0 aliphatic heterocycles. The third kappa shape index (κ3) is 3.54. The molecule has 0 radical (unpaired) electrons. The molecule has 0 saturated carbocycles. The van der Waals surface area contributed by atoms with Gasteiger partial charge in [-0.1, -0.05) is 18.2 Å². The molecule has 0 aliphatic carbocycles. The molecule has 0 unspecified atom stereocenters. The van der Waals surface area contributed by atoms with Crippen molar-refractivity contribution in [2.24, 2.45) is 0 Å². The molecule has 0 saturated heterocycles. The number of nitrogens with zero attached hydrogens (tertiary/aromatic N) is 4. The Morgan fingerprint density at radius 1 is 0.931 bits per heavy atom. The van der Waals surface area contributed by atoms with E-state index in [0.29, 0.717) is 29.6 Å². The van der Waals surface area contributed by atoms with E-state index in [1.54, 1.807) is 30.3 Å². The summed E-state index contributed by atoms with van der Waals surface area (Å²) in [6.07, 6.45) is -2.06. The van der Waals surface area contributed by atoms with Gasteiger partial charge in [-0.25, -0.2) is 13.8 Å². The van der Waals surface area contributed by atoms with Crippen molar-refractivity contribution < 1.29 is 17.6 Å². The van der Waals surface area contributed by atoms with Crippen molar-refractivity contribution >= 4 is 0 Å². The monoisotopic (exact) mass is 400 g/mol. The smallest absolute Gasteiger partial charge is 0.287 e. The Kier molecular flexibility index (Phi) is 4.50. The van der Waals surface area contributed by atoms with E-state index in [4.69, 9.17) is 0 Å². The van der Waals surface area contributed by atoms with Crippen LogP contribution in [0.25, 0.3) is 22.8 Å². The predicted octanol–water partition coefficient (Wildman–Crippen LogP) is 4.24. The molecule has 0 aliphatic rings. The standard InChI is InChI=1S/C20H12F4N4O/c21-15-7-6-13(20(22,23)24)12-17(15)27-11-9-18(29)19(26-27)16-8-10-25-28(16)14-4-2-1-3-5-14/h1-12H. The minimum absolute atomic E-state index is 0.0781. The van der Waals surface area contributed by atoms with Crippen molar-refractivity contribution in [2.45, 2.75) is 6.18 Å². The Morgan fingerprint density at radius 3 is 2.41 bits per heavy atom. The minimum Gasteiger partial charge on any atom is -0.287 e. The topological polar surface area (TPSA) is 52.7 Å². The van der Waals surface area contributed by atoms with Gasteiger partial charge >= 0.3 is 6.18 Å². The van der Waals surface area contributed by atoms with Crippen LogP contribution in [-0.4, -0.2) is 19.6 Å². The van der Waals surface area contributed by atoms with Crippen molar-refractivity contribution in [3.8, 4) is 22.8 Å². The summed E-state index contributed by atoms with van der Waals surface area (Å²) in [5.74, 6) is -0.906. The summed E-state index contributed by atoms with van der Waals surface area (Å²) in [4.78, 5) is 12.4. The molecule has 5 nitrogen and oxygen atoms in total. The molecular formula is C20H12F4N4O. The van der Waals surface area contributed by atoms with Crippen LogP contribution in [0.4, 0.5) is 17.6 Å². The lowest BCUT2D eigenvalue weighted by Crippen LogP contribution is -2.16. The molecule has 0 spiro atoms. The van der Waals surface area contributed by atoms with E-state index in [2.05, 4.69) is 10.2 Å². The SMILES string of the molecule is O=c1ccn(-c2cc(C(F)(F)F)ccc2F)nc1-c1ccnn1-c1ccccc1. The van der Waals surface area contributed by atoms with Gasteiger partial charge in [0.15, 0.2) is 5.69 Å². The van der Waals surface area contributed by atoms with E-state index in [1.807, 2.05) is 6.07 Å². The fourth-order valence-electron chi connectivity index (χ4n) is 2.84. The Morgan fingerprint density at radius 2 is 1.69 bits per heavy atom. The normalized spacial score (nSPS) is 11.6. The van der Waals surface area contributed by atoms with Crippen LogP contribution in [0.1, 0.15) is 5.56 Å². The average molecular weight is 400 g/mol. The number of hydrogen-bond donors (Lipinski definition) is 0. The molecule has 0 N–H and O–H groups in total. The number of hydrogen-bond acceptors (Lipinski definition) is 3. The Labute approximate surface area is 161 Å². The summed E-state index contributed by atoms with van der Waals surface area (Å²) in [6.45, 7) is 0. The van der Waals surface area contributed by atoms with Crippen LogP contribution in [0.3, 0.4) is 0 Å². The second kappa shape index (κ2) is 7.01. The summed E-state index contributed by atoms with van der Waals surface area (Å²) in [6, 6.07) is 13.6. The average Bonchev–Trinajstić information content (AvgIpc) is 3.18. The molecule has 9 heteroatoms. The number of benzene rings is 2.